The lowest BCUT2D eigenvalue weighted by molar-refractivity contribution is -0.132. The van der Waals surface area contributed by atoms with E-state index in [1.165, 1.54) is 6.92 Å². The standard InChI is InChI=1S/C28H33N5O3/c1-20-7-12-26(22-8-10-23(11-9-22)29-21(2)34)31-28(20)30-24-5-4-6-25(19-24)32-14-16-33(17-15-32)27(35)13-18-36-3/h4-12,19H,13-18H2,1-3H3,(H,29,34)(H,30,31). The first-order chi connectivity index (χ1) is 17.4. The van der Waals surface area contributed by atoms with Gasteiger partial charge in [-0.2, -0.15) is 0 Å². The summed E-state index contributed by atoms with van der Waals surface area (Å²) in [6.07, 6.45) is 0.431. The van der Waals surface area contributed by atoms with Crippen LogP contribution in [-0.4, -0.2) is 61.6 Å². The smallest absolute Gasteiger partial charge is 0.225 e. The second-order valence-electron chi connectivity index (χ2n) is 8.91. The molecule has 4 rings (SSSR count). The molecule has 36 heavy (non-hydrogen) atoms. The van der Waals surface area contributed by atoms with Crippen molar-refractivity contribution in [2.24, 2.45) is 0 Å². The first-order valence-corrected chi connectivity index (χ1v) is 12.2. The van der Waals surface area contributed by atoms with Crippen molar-refractivity contribution < 1.29 is 14.3 Å². The van der Waals surface area contributed by atoms with Gasteiger partial charge < -0.3 is 25.2 Å². The van der Waals surface area contributed by atoms with Crippen molar-refractivity contribution in [3.8, 4) is 11.3 Å². The molecule has 1 fully saturated rings. The van der Waals surface area contributed by atoms with Crippen LogP contribution in [0.25, 0.3) is 11.3 Å². The summed E-state index contributed by atoms with van der Waals surface area (Å²) in [6, 6.07) is 20.0. The van der Waals surface area contributed by atoms with E-state index in [4.69, 9.17) is 9.72 Å². The van der Waals surface area contributed by atoms with E-state index < -0.39 is 0 Å². The zero-order valence-corrected chi connectivity index (χ0v) is 21.1. The van der Waals surface area contributed by atoms with Crippen molar-refractivity contribution in [3.63, 3.8) is 0 Å². The van der Waals surface area contributed by atoms with Crippen molar-refractivity contribution in [2.75, 3.05) is 55.4 Å². The fourth-order valence-electron chi connectivity index (χ4n) is 4.22. The van der Waals surface area contributed by atoms with Gasteiger partial charge in [-0.1, -0.05) is 24.3 Å². The summed E-state index contributed by atoms with van der Waals surface area (Å²) < 4.78 is 5.03. The Hall–Kier alpha value is -3.91. The minimum Gasteiger partial charge on any atom is -0.384 e. The molecule has 0 unspecified atom stereocenters. The Morgan fingerprint density at radius 2 is 1.72 bits per heavy atom. The van der Waals surface area contributed by atoms with Gasteiger partial charge in [0.15, 0.2) is 0 Å². The van der Waals surface area contributed by atoms with Gasteiger partial charge in [0.05, 0.1) is 18.7 Å². The Bertz CT molecular complexity index is 1200. The van der Waals surface area contributed by atoms with Gasteiger partial charge in [-0.3, -0.25) is 9.59 Å². The molecule has 0 aliphatic carbocycles. The molecule has 0 radical (unpaired) electrons. The van der Waals surface area contributed by atoms with E-state index in [9.17, 15) is 9.59 Å². The van der Waals surface area contributed by atoms with E-state index in [0.29, 0.717) is 26.1 Å². The Kier molecular flexibility index (Phi) is 8.17. The highest BCUT2D eigenvalue weighted by Crippen LogP contribution is 2.27. The molecule has 2 amide bonds. The highest BCUT2D eigenvalue weighted by molar-refractivity contribution is 5.89. The number of piperazine rings is 1. The van der Waals surface area contributed by atoms with Gasteiger partial charge in [0.25, 0.3) is 0 Å². The SMILES string of the molecule is COCCC(=O)N1CCN(c2cccc(Nc3nc(-c4ccc(NC(C)=O)cc4)ccc3C)c2)CC1. The quantitative estimate of drug-likeness (QED) is 0.488. The predicted octanol–water partition coefficient (Wildman–Crippen LogP) is 4.44. The zero-order chi connectivity index (χ0) is 25.5. The van der Waals surface area contributed by atoms with Crippen LogP contribution in [0.2, 0.25) is 0 Å². The number of anilines is 4. The number of methoxy groups -OCH3 is 1. The van der Waals surface area contributed by atoms with E-state index in [1.807, 2.05) is 54.3 Å². The van der Waals surface area contributed by atoms with Gasteiger partial charge >= 0.3 is 0 Å². The van der Waals surface area contributed by atoms with Crippen molar-refractivity contribution in [1.29, 1.82) is 0 Å². The molecule has 1 aromatic heterocycles. The molecule has 0 bridgehead atoms. The molecule has 1 aliphatic heterocycles. The number of nitrogens with one attached hydrogen (secondary N) is 2. The van der Waals surface area contributed by atoms with E-state index in [-0.39, 0.29) is 11.8 Å². The van der Waals surface area contributed by atoms with E-state index in [0.717, 1.165) is 52.8 Å². The summed E-state index contributed by atoms with van der Waals surface area (Å²) in [4.78, 5) is 32.6. The van der Waals surface area contributed by atoms with Crippen LogP contribution in [0.4, 0.5) is 22.9 Å². The number of carbonyl (C=O) groups excluding carboxylic acids is 2. The molecule has 2 N–H and O–H groups in total. The highest BCUT2D eigenvalue weighted by Gasteiger charge is 2.21. The maximum Gasteiger partial charge on any atom is 0.225 e. The maximum atomic E-state index is 12.3. The largest absolute Gasteiger partial charge is 0.384 e. The van der Waals surface area contributed by atoms with Crippen LogP contribution in [0.5, 0.6) is 0 Å². The Balaban J connectivity index is 1.43. The number of aromatic nitrogens is 1. The van der Waals surface area contributed by atoms with Crippen LogP contribution in [0.15, 0.2) is 60.7 Å². The molecular weight excluding hydrogens is 454 g/mol. The summed E-state index contributed by atoms with van der Waals surface area (Å²) in [6.45, 7) is 7.00. The highest BCUT2D eigenvalue weighted by atomic mass is 16.5. The van der Waals surface area contributed by atoms with Crippen molar-refractivity contribution in [2.45, 2.75) is 20.3 Å². The molecule has 188 valence electrons. The second kappa shape index (κ2) is 11.7. The predicted molar refractivity (Wildman–Crippen MR) is 144 cm³/mol. The average Bonchev–Trinajstić information content (AvgIpc) is 2.89. The van der Waals surface area contributed by atoms with Crippen LogP contribution in [0, 0.1) is 6.92 Å². The molecule has 1 saturated heterocycles. The number of hydrogen-bond acceptors (Lipinski definition) is 6. The fourth-order valence-corrected chi connectivity index (χ4v) is 4.22. The van der Waals surface area contributed by atoms with Crippen LogP contribution in [0.1, 0.15) is 18.9 Å². The number of hydrogen-bond donors (Lipinski definition) is 2. The zero-order valence-electron chi connectivity index (χ0n) is 21.1. The van der Waals surface area contributed by atoms with Gasteiger partial charge in [0.2, 0.25) is 11.8 Å². The Morgan fingerprint density at radius 3 is 2.42 bits per heavy atom. The van der Waals surface area contributed by atoms with Crippen LogP contribution in [0.3, 0.4) is 0 Å². The normalized spacial score (nSPS) is 13.4. The van der Waals surface area contributed by atoms with Crippen molar-refractivity contribution >= 4 is 34.7 Å². The van der Waals surface area contributed by atoms with Crippen LogP contribution < -0.4 is 15.5 Å². The van der Waals surface area contributed by atoms with Crippen molar-refractivity contribution in [3.05, 3.63) is 66.2 Å². The monoisotopic (exact) mass is 487 g/mol. The van der Waals surface area contributed by atoms with Gasteiger partial charge in [0, 0.05) is 62.8 Å². The first kappa shape index (κ1) is 25.2. The molecule has 8 heteroatoms. The molecule has 3 aromatic rings. The molecule has 0 saturated carbocycles. The molecule has 8 nitrogen and oxygen atoms in total. The van der Waals surface area contributed by atoms with E-state index >= 15 is 0 Å². The molecule has 2 heterocycles. The van der Waals surface area contributed by atoms with Gasteiger partial charge in [-0.15, -0.1) is 0 Å². The van der Waals surface area contributed by atoms with E-state index in [1.54, 1.807) is 7.11 Å². The summed E-state index contributed by atoms with van der Waals surface area (Å²) >= 11 is 0. The first-order valence-electron chi connectivity index (χ1n) is 12.2. The summed E-state index contributed by atoms with van der Waals surface area (Å²) in [5.41, 5.74) is 5.70. The number of benzene rings is 2. The van der Waals surface area contributed by atoms with Gasteiger partial charge in [-0.25, -0.2) is 4.98 Å². The number of pyridine rings is 1. The third kappa shape index (κ3) is 6.40. The maximum absolute atomic E-state index is 12.3. The number of rotatable bonds is 8. The number of nitrogens with zero attached hydrogens (tertiary/aromatic N) is 3. The molecule has 0 atom stereocenters. The van der Waals surface area contributed by atoms with Gasteiger partial charge in [-0.05, 0) is 48.9 Å². The summed E-state index contributed by atoms with van der Waals surface area (Å²) in [5.74, 6) is 0.852. The third-order valence-corrected chi connectivity index (χ3v) is 6.22. The fraction of sp³-hybridized carbons (Fsp3) is 0.321. The minimum atomic E-state index is -0.0950. The van der Waals surface area contributed by atoms with E-state index in [2.05, 4.69) is 33.7 Å². The lowest BCUT2D eigenvalue weighted by Gasteiger charge is -2.36. The lowest BCUT2D eigenvalue weighted by Crippen LogP contribution is -2.49. The summed E-state index contributed by atoms with van der Waals surface area (Å²) in [7, 11) is 1.62. The number of aryl methyl sites for hydroxylation is 1. The molecule has 0 spiro atoms. The minimum absolute atomic E-state index is 0.0950. The number of amides is 2. The Labute approximate surface area is 212 Å². The third-order valence-electron chi connectivity index (χ3n) is 6.22. The summed E-state index contributed by atoms with van der Waals surface area (Å²) in [5, 5.41) is 6.26. The number of carbonyl (C=O) groups is 2. The topological polar surface area (TPSA) is 86.8 Å². The second-order valence-corrected chi connectivity index (χ2v) is 8.91. The average molecular weight is 488 g/mol. The Morgan fingerprint density at radius 1 is 0.972 bits per heavy atom. The molecule has 1 aliphatic rings. The number of ether oxygens (including phenoxy) is 1. The van der Waals surface area contributed by atoms with Crippen LogP contribution in [-0.2, 0) is 14.3 Å². The lowest BCUT2D eigenvalue weighted by atomic mass is 10.1. The molecule has 2 aromatic carbocycles. The van der Waals surface area contributed by atoms with Crippen LogP contribution >= 0.6 is 0 Å². The van der Waals surface area contributed by atoms with Crippen molar-refractivity contribution in [1.82, 2.24) is 9.88 Å². The van der Waals surface area contributed by atoms with Gasteiger partial charge in [0.1, 0.15) is 5.82 Å². The molecular formula is C28H33N5O3.